The van der Waals surface area contributed by atoms with Gasteiger partial charge in [0.2, 0.25) is 0 Å². The molecule has 0 saturated carbocycles. The van der Waals surface area contributed by atoms with E-state index in [9.17, 15) is 0 Å². The lowest BCUT2D eigenvalue weighted by atomic mass is 10.3. The van der Waals surface area contributed by atoms with E-state index in [4.69, 9.17) is 5.73 Å². The lowest BCUT2D eigenvalue weighted by Gasteiger charge is -2.07. The first-order valence-electron chi connectivity index (χ1n) is 4.89. The molecule has 0 fully saturated rings. The standard InChI is InChI=1S/C10H13N5S/c1-6-9(11)14-5-15-10(6)13-4-8-3-12-7(2)16-8/h3,5H,4H2,1-2H3,(H3,11,13,14,15). The average molecular weight is 235 g/mol. The Morgan fingerprint density at radius 1 is 1.31 bits per heavy atom. The van der Waals surface area contributed by atoms with Crippen LogP contribution in [0.1, 0.15) is 15.4 Å². The molecule has 2 aromatic rings. The highest BCUT2D eigenvalue weighted by molar-refractivity contribution is 7.11. The van der Waals surface area contributed by atoms with E-state index in [0.29, 0.717) is 12.4 Å². The Kier molecular flexibility index (Phi) is 3.00. The fraction of sp³-hybridized carbons (Fsp3) is 0.300. The highest BCUT2D eigenvalue weighted by Gasteiger charge is 2.04. The van der Waals surface area contributed by atoms with Gasteiger partial charge in [-0.15, -0.1) is 11.3 Å². The van der Waals surface area contributed by atoms with Crippen molar-refractivity contribution in [2.75, 3.05) is 11.1 Å². The van der Waals surface area contributed by atoms with Crippen LogP contribution < -0.4 is 11.1 Å². The van der Waals surface area contributed by atoms with E-state index in [0.717, 1.165) is 16.4 Å². The van der Waals surface area contributed by atoms with Crippen LogP contribution in [0, 0.1) is 13.8 Å². The number of hydrogen-bond donors (Lipinski definition) is 2. The Morgan fingerprint density at radius 2 is 2.12 bits per heavy atom. The molecule has 84 valence electrons. The van der Waals surface area contributed by atoms with Gasteiger partial charge in [-0.25, -0.2) is 15.0 Å². The number of thiazole rings is 1. The SMILES string of the molecule is Cc1ncc(CNc2ncnc(N)c2C)s1. The molecule has 0 atom stereocenters. The fourth-order valence-corrected chi connectivity index (χ4v) is 2.03. The molecule has 0 unspecified atom stereocenters. The van der Waals surface area contributed by atoms with Gasteiger partial charge in [-0.2, -0.15) is 0 Å². The van der Waals surface area contributed by atoms with Crippen LogP contribution >= 0.6 is 11.3 Å². The van der Waals surface area contributed by atoms with E-state index < -0.39 is 0 Å². The number of anilines is 2. The van der Waals surface area contributed by atoms with Gasteiger partial charge in [0, 0.05) is 16.6 Å². The van der Waals surface area contributed by atoms with Gasteiger partial charge < -0.3 is 11.1 Å². The average Bonchev–Trinajstić information content (AvgIpc) is 2.67. The predicted molar refractivity (Wildman–Crippen MR) is 65.4 cm³/mol. The zero-order valence-corrected chi connectivity index (χ0v) is 10.0. The molecule has 0 aliphatic rings. The van der Waals surface area contributed by atoms with Crippen molar-refractivity contribution < 1.29 is 0 Å². The van der Waals surface area contributed by atoms with Gasteiger partial charge in [-0.1, -0.05) is 0 Å². The molecule has 6 heteroatoms. The number of nitrogen functional groups attached to an aromatic ring is 1. The summed E-state index contributed by atoms with van der Waals surface area (Å²) in [4.78, 5) is 13.4. The summed E-state index contributed by atoms with van der Waals surface area (Å²) in [6.07, 6.45) is 3.33. The highest BCUT2D eigenvalue weighted by atomic mass is 32.1. The molecule has 0 aromatic carbocycles. The van der Waals surface area contributed by atoms with Gasteiger partial charge in [0.05, 0.1) is 11.6 Å². The van der Waals surface area contributed by atoms with Crippen molar-refractivity contribution in [3.05, 3.63) is 28.0 Å². The second kappa shape index (κ2) is 4.44. The molecule has 2 rings (SSSR count). The van der Waals surface area contributed by atoms with Crippen molar-refractivity contribution in [2.45, 2.75) is 20.4 Å². The number of nitrogens with two attached hydrogens (primary N) is 1. The highest BCUT2D eigenvalue weighted by Crippen LogP contribution is 2.17. The topological polar surface area (TPSA) is 76.7 Å². The van der Waals surface area contributed by atoms with Crippen molar-refractivity contribution in [1.29, 1.82) is 0 Å². The van der Waals surface area contributed by atoms with Crippen LogP contribution in [0.25, 0.3) is 0 Å². The molecule has 0 spiro atoms. The van der Waals surface area contributed by atoms with Crippen LogP contribution in [0.15, 0.2) is 12.5 Å². The first kappa shape index (κ1) is 10.8. The Morgan fingerprint density at radius 3 is 2.81 bits per heavy atom. The van der Waals surface area contributed by atoms with Crippen LogP contribution in [0.2, 0.25) is 0 Å². The Bertz CT molecular complexity index is 494. The molecule has 0 aliphatic heterocycles. The number of aromatic nitrogens is 3. The summed E-state index contributed by atoms with van der Waals surface area (Å²) in [5, 5.41) is 4.29. The second-order valence-electron chi connectivity index (χ2n) is 3.43. The summed E-state index contributed by atoms with van der Waals surface area (Å²) in [5.74, 6) is 1.29. The number of hydrogen-bond acceptors (Lipinski definition) is 6. The fourth-order valence-electron chi connectivity index (χ4n) is 1.30. The van der Waals surface area contributed by atoms with E-state index in [1.54, 1.807) is 11.3 Å². The smallest absolute Gasteiger partial charge is 0.134 e. The van der Waals surface area contributed by atoms with Crippen LogP contribution in [0.3, 0.4) is 0 Å². The van der Waals surface area contributed by atoms with E-state index in [1.807, 2.05) is 20.0 Å². The summed E-state index contributed by atoms with van der Waals surface area (Å²) in [5.41, 5.74) is 6.57. The van der Waals surface area contributed by atoms with Gasteiger partial charge in [0.25, 0.3) is 0 Å². The maximum absolute atomic E-state index is 5.69. The molecule has 0 saturated heterocycles. The van der Waals surface area contributed by atoms with Crippen LogP contribution in [-0.4, -0.2) is 15.0 Å². The largest absolute Gasteiger partial charge is 0.383 e. The summed E-state index contributed by atoms with van der Waals surface area (Å²) < 4.78 is 0. The Hall–Kier alpha value is -1.69. The third-order valence-electron chi connectivity index (χ3n) is 2.22. The Labute approximate surface area is 97.8 Å². The third kappa shape index (κ3) is 2.27. The summed E-state index contributed by atoms with van der Waals surface area (Å²) in [6.45, 7) is 4.60. The van der Waals surface area contributed by atoms with Crippen molar-refractivity contribution in [2.24, 2.45) is 0 Å². The van der Waals surface area contributed by atoms with Gasteiger partial charge in [0.15, 0.2) is 0 Å². The molecule has 0 aliphatic carbocycles. The first-order chi connectivity index (χ1) is 7.66. The van der Waals surface area contributed by atoms with Gasteiger partial charge >= 0.3 is 0 Å². The molecule has 0 amide bonds. The van der Waals surface area contributed by atoms with Crippen LogP contribution in [0.5, 0.6) is 0 Å². The minimum atomic E-state index is 0.512. The van der Waals surface area contributed by atoms with E-state index in [-0.39, 0.29) is 0 Å². The van der Waals surface area contributed by atoms with Gasteiger partial charge in [0.1, 0.15) is 18.0 Å². The Balaban J connectivity index is 2.07. The molecule has 2 aromatic heterocycles. The molecule has 5 nitrogen and oxygen atoms in total. The van der Waals surface area contributed by atoms with Crippen LogP contribution in [-0.2, 0) is 6.54 Å². The van der Waals surface area contributed by atoms with E-state index >= 15 is 0 Å². The first-order valence-corrected chi connectivity index (χ1v) is 5.70. The van der Waals surface area contributed by atoms with Crippen LogP contribution in [0.4, 0.5) is 11.6 Å². The molecular formula is C10H13N5S. The molecule has 3 N–H and O–H groups in total. The predicted octanol–water partition coefficient (Wildman–Crippen LogP) is 1.74. The van der Waals surface area contributed by atoms with Crippen molar-refractivity contribution in [3.8, 4) is 0 Å². The number of rotatable bonds is 3. The maximum atomic E-state index is 5.69. The summed E-state index contributed by atoms with van der Waals surface area (Å²) in [7, 11) is 0. The second-order valence-corrected chi connectivity index (χ2v) is 4.75. The molecule has 0 bridgehead atoms. The lowest BCUT2D eigenvalue weighted by molar-refractivity contribution is 1.07. The quantitative estimate of drug-likeness (QED) is 0.847. The minimum absolute atomic E-state index is 0.512. The third-order valence-corrected chi connectivity index (χ3v) is 3.14. The number of nitrogens with zero attached hydrogens (tertiary/aromatic N) is 3. The maximum Gasteiger partial charge on any atom is 0.134 e. The van der Waals surface area contributed by atoms with Gasteiger partial charge in [-0.05, 0) is 13.8 Å². The molecule has 0 radical (unpaired) electrons. The molecular weight excluding hydrogens is 222 g/mol. The number of aryl methyl sites for hydroxylation is 1. The normalized spacial score (nSPS) is 10.4. The zero-order valence-electron chi connectivity index (χ0n) is 9.19. The van der Waals surface area contributed by atoms with E-state index in [1.165, 1.54) is 11.2 Å². The van der Waals surface area contributed by atoms with Gasteiger partial charge in [-0.3, -0.25) is 0 Å². The minimum Gasteiger partial charge on any atom is -0.383 e. The zero-order chi connectivity index (χ0) is 11.5. The van der Waals surface area contributed by atoms with E-state index in [2.05, 4.69) is 20.3 Å². The number of nitrogens with one attached hydrogen (secondary N) is 1. The molecule has 2 heterocycles. The van der Waals surface area contributed by atoms with Crippen molar-refractivity contribution in [1.82, 2.24) is 15.0 Å². The van der Waals surface area contributed by atoms with Crippen molar-refractivity contribution in [3.63, 3.8) is 0 Å². The van der Waals surface area contributed by atoms with Crippen molar-refractivity contribution >= 4 is 23.0 Å². The molecule has 16 heavy (non-hydrogen) atoms. The lowest BCUT2D eigenvalue weighted by Crippen LogP contribution is -2.05. The summed E-state index contributed by atoms with van der Waals surface area (Å²) in [6, 6.07) is 0. The summed E-state index contributed by atoms with van der Waals surface area (Å²) >= 11 is 1.67. The monoisotopic (exact) mass is 235 g/mol.